The number of nitrogens with one attached hydrogen (secondary N) is 1. The molecule has 0 radical (unpaired) electrons. The molecule has 0 atom stereocenters. The quantitative estimate of drug-likeness (QED) is 0.617. The Morgan fingerprint density at radius 2 is 1.89 bits per heavy atom. The van der Waals surface area contributed by atoms with Gasteiger partial charge in [0.1, 0.15) is 17.4 Å². The number of methoxy groups -OCH3 is 1. The molecule has 1 aromatic heterocycles. The second-order valence-corrected chi connectivity index (χ2v) is 7.17. The highest BCUT2D eigenvalue weighted by atomic mass is 19.1. The molecule has 0 amide bonds. The van der Waals surface area contributed by atoms with Crippen molar-refractivity contribution < 1.29 is 9.13 Å². The third-order valence-corrected chi connectivity index (χ3v) is 4.33. The molecular formula is C22H26FN3O. The average Bonchev–Trinajstić information content (AvgIpc) is 3.10. The molecule has 3 rings (SSSR count). The van der Waals surface area contributed by atoms with Gasteiger partial charge in [-0.1, -0.05) is 38.1 Å². The molecular weight excluding hydrogens is 341 g/mol. The third-order valence-electron chi connectivity index (χ3n) is 4.33. The van der Waals surface area contributed by atoms with Gasteiger partial charge in [-0.2, -0.15) is 0 Å². The van der Waals surface area contributed by atoms with Crippen molar-refractivity contribution in [2.45, 2.75) is 26.9 Å². The smallest absolute Gasteiger partial charge is 0.123 e. The second-order valence-electron chi connectivity index (χ2n) is 7.17. The van der Waals surface area contributed by atoms with E-state index < -0.39 is 0 Å². The summed E-state index contributed by atoms with van der Waals surface area (Å²) in [6.07, 6.45) is 1.77. The fourth-order valence-corrected chi connectivity index (χ4v) is 3.15. The average molecular weight is 367 g/mol. The molecule has 0 aliphatic rings. The third kappa shape index (κ3) is 5.41. The lowest BCUT2D eigenvalue weighted by Crippen LogP contribution is -2.27. The van der Waals surface area contributed by atoms with Crippen molar-refractivity contribution >= 4 is 0 Å². The molecule has 142 valence electrons. The van der Waals surface area contributed by atoms with E-state index in [1.165, 1.54) is 17.7 Å². The largest absolute Gasteiger partial charge is 0.497 e. The van der Waals surface area contributed by atoms with Crippen LogP contribution >= 0.6 is 0 Å². The highest BCUT2D eigenvalue weighted by Crippen LogP contribution is 2.19. The van der Waals surface area contributed by atoms with Crippen LogP contribution in [0.3, 0.4) is 0 Å². The van der Waals surface area contributed by atoms with E-state index in [0.29, 0.717) is 12.5 Å². The number of benzene rings is 2. The highest BCUT2D eigenvalue weighted by Gasteiger charge is 2.12. The Kier molecular flexibility index (Phi) is 6.24. The predicted molar refractivity (Wildman–Crippen MR) is 106 cm³/mol. The zero-order chi connectivity index (χ0) is 19.2. The molecule has 0 aliphatic carbocycles. The van der Waals surface area contributed by atoms with Crippen molar-refractivity contribution in [3.05, 3.63) is 71.9 Å². The number of ether oxygens (including phenoxy) is 1. The summed E-state index contributed by atoms with van der Waals surface area (Å²) >= 11 is 0. The molecule has 0 unspecified atom stereocenters. The summed E-state index contributed by atoms with van der Waals surface area (Å²) in [4.78, 5) is 10.2. The first kappa shape index (κ1) is 19.1. The minimum Gasteiger partial charge on any atom is -0.497 e. The SMILES string of the molecule is COc1ccc(CN(Cc2ncc(-c3cccc(F)c3)[nH]2)CC(C)C)cc1. The summed E-state index contributed by atoms with van der Waals surface area (Å²) in [5.41, 5.74) is 2.87. The number of hydrogen-bond acceptors (Lipinski definition) is 3. The van der Waals surface area contributed by atoms with Crippen LogP contribution < -0.4 is 4.74 Å². The Bertz CT molecular complexity index is 858. The van der Waals surface area contributed by atoms with E-state index in [1.54, 1.807) is 19.4 Å². The molecule has 2 aromatic carbocycles. The minimum absolute atomic E-state index is 0.246. The fraction of sp³-hybridized carbons (Fsp3) is 0.318. The van der Waals surface area contributed by atoms with Crippen LogP contribution in [0, 0.1) is 11.7 Å². The Morgan fingerprint density at radius 1 is 1.11 bits per heavy atom. The van der Waals surface area contributed by atoms with Gasteiger partial charge in [0.25, 0.3) is 0 Å². The molecule has 0 saturated heterocycles. The van der Waals surface area contributed by atoms with Gasteiger partial charge in [0.05, 0.1) is 25.5 Å². The number of nitrogens with zero attached hydrogens (tertiary/aromatic N) is 2. The molecule has 5 heteroatoms. The van der Waals surface area contributed by atoms with Crippen molar-refractivity contribution in [3.8, 4) is 17.0 Å². The van der Waals surface area contributed by atoms with Gasteiger partial charge >= 0.3 is 0 Å². The van der Waals surface area contributed by atoms with Crippen LogP contribution in [0.4, 0.5) is 4.39 Å². The number of H-pyrrole nitrogens is 1. The Labute approximate surface area is 160 Å². The van der Waals surface area contributed by atoms with Crippen molar-refractivity contribution in [2.24, 2.45) is 5.92 Å². The van der Waals surface area contributed by atoms with E-state index in [0.717, 1.165) is 35.9 Å². The van der Waals surface area contributed by atoms with Crippen LogP contribution in [-0.4, -0.2) is 28.5 Å². The Morgan fingerprint density at radius 3 is 2.56 bits per heavy atom. The van der Waals surface area contributed by atoms with E-state index >= 15 is 0 Å². The molecule has 1 heterocycles. The predicted octanol–water partition coefficient (Wildman–Crippen LogP) is 4.88. The molecule has 4 nitrogen and oxygen atoms in total. The zero-order valence-corrected chi connectivity index (χ0v) is 16.1. The van der Waals surface area contributed by atoms with Gasteiger partial charge in [0.15, 0.2) is 0 Å². The monoisotopic (exact) mass is 367 g/mol. The molecule has 1 N–H and O–H groups in total. The number of aromatic nitrogens is 2. The van der Waals surface area contributed by atoms with E-state index in [2.05, 4.69) is 40.8 Å². The van der Waals surface area contributed by atoms with Crippen LogP contribution in [0.2, 0.25) is 0 Å². The summed E-state index contributed by atoms with van der Waals surface area (Å²) in [7, 11) is 1.67. The van der Waals surface area contributed by atoms with Crippen molar-refractivity contribution in [1.82, 2.24) is 14.9 Å². The topological polar surface area (TPSA) is 41.1 Å². The molecule has 3 aromatic rings. The molecule has 0 saturated carbocycles. The normalized spacial score (nSPS) is 11.3. The van der Waals surface area contributed by atoms with Crippen molar-refractivity contribution in [3.63, 3.8) is 0 Å². The summed E-state index contributed by atoms with van der Waals surface area (Å²) in [5, 5.41) is 0. The van der Waals surface area contributed by atoms with E-state index in [-0.39, 0.29) is 5.82 Å². The van der Waals surface area contributed by atoms with E-state index in [1.807, 2.05) is 18.2 Å². The Hall–Kier alpha value is -2.66. The first-order valence-electron chi connectivity index (χ1n) is 9.18. The highest BCUT2D eigenvalue weighted by molar-refractivity contribution is 5.58. The first-order valence-corrected chi connectivity index (χ1v) is 9.18. The summed E-state index contributed by atoms with van der Waals surface area (Å²) < 4.78 is 18.7. The maximum absolute atomic E-state index is 13.5. The van der Waals surface area contributed by atoms with Gasteiger partial charge < -0.3 is 9.72 Å². The number of imidazole rings is 1. The van der Waals surface area contributed by atoms with Crippen molar-refractivity contribution in [2.75, 3.05) is 13.7 Å². The van der Waals surface area contributed by atoms with Gasteiger partial charge in [-0.15, -0.1) is 0 Å². The molecule has 27 heavy (non-hydrogen) atoms. The summed E-state index contributed by atoms with van der Waals surface area (Å²) in [6.45, 7) is 6.92. The van der Waals surface area contributed by atoms with Gasteiger partial charge in [0, 0.05) is 18.7 Å². The van der Waals surface area contributed by atoms with Gasteiger partial charge in [-0.05, 0) is 35.7 Å². The first-order chi connectivity index (χ1) is 13.0. The lowest BCUT2D eigenvalue weighted by atomic mass is 10.1. The van der Waals surface area contributed by atoms with Gasteiger partial charge in [-0.3, -0.25) is 4.90 Å². The van der Waals surface area contributed by atoms with Crippen LogP contribution in [-0.2, 0) is 13.1 Å². The van der Waals surface area contributed by atoms with Crippen LogP contribution in [0.5, 0.6) is 5.75 Å². The number of rotatable bonds is 8. The molecule has 0 bridgehead atoms. The lowest BCUT2D eigenvalue weighted by molar-refractivity contribution is 0.223. The number of aromatic amines is 1. The summed E-state index contributed by atoms with van der Waals surface area (Å²) in [5.74, 6) is 2.04. The fourth-order valence-electron chi connectivity index (χ4n) is 3.15. The molecule has 0 fully saturated rings. The molecule has 0 aliphatic heterocycles. The Balaban J connectivity index is 1.72. The van der Waals surface area contributed by atoms with Crippen LogP contribution in [0.1, 0.15) is 25.2 Å². The van der Waals surface area contributed by atoms with Gasteiger partial charge in [-0.25, -0.2) is 9.37 Å². The second kappa shape index (κ2) is 8.82. The summed E-state index contributed by atoms with van der Waals surface area (Å²) in [6, 6.07) is 14.7. The lowest BCUT2D eigenvalue weighted by Gasteiger charge is -2.23. The van der Waals surface area contributed by atoms with Gasteiger partial charge in [0.2, 0.25) is 0 Å². The standard InChI is InChI=1S/C22H26FN3O/c1-16(2)13-26(14-17-7-9-20(27-3)10-8-17)15-22-24-12-21(25-22)18-5-4-6-19(23)11-18/h4-12,16H,13-15H2,1-3H3,(H,24,25). The van der Waals surface area contributed by atoms with E-state index in [9.17, 15) is 4.39 Å². The maximum Gasteiger partial charge on any atom is 0.123 e. The number of hydrogen-bond donors (Lipinski definition) is 1. The van der Waals surface area contributed by atoms with E-state index in [4.69, 9.17) is 4.74 Å². The van der Waals surface area contributed by atoms with Crippen LogP contribution in [0.15, 0.2) is 54.7 Å². The maximum atomic E-state index is 13.5. The zero-order valence-electron chi connectivity index (χ0n) is 16.1. The van der Waals surface area contributed by atoms with Crippen LogP contribution in [0.25, 0.3) is 11.3 Å². The molecule has 0 spiro atoms. The number of halogens is 1. The minimum atomic E-state index is -0.246. The van der Waals surface area contributed by atoms with Crippen molar-refractivity contribution in [1.29, 1.82) is 0 Å².